The van der Waals surface area contributed by atoms with E-state index >= 15 is 0 Å². The van der Waals surface area contributed by atoms with Gasteiger partial charge in [0.25, 0.3) is 6.43 Å². The zero-order chi connectivity index (χ0) is 18.9. The quantitative estimate of drug-likeness (QED) is 0.723. The van der Waals surface area contributed by atoms with Gasteiger partial charge in [0.1, 0.15) is 35.4 Å². The van der Waals surface area contributed by atoms with Crippen molar-refractivity contribution in [3.05, 3.63) is 12.7 Å². The number of fused-ring (bicyclic) bond motifs is 1. The van der Waals surface area contributed by atoms with Crippen molar-refractivity contribution < 1.29 is 33.3 Å². The molecular formula is C15H22F2N2O5S. The topological polar surface area (TPSA) is 91.6 Å². The highest BCUT2D eigenvalue weighted by Gasteiger charge is 2.52. The molecule has 1 saturated heterocycles. The van der Waals surface area contributed by atoms with E-state index in [9.17, 15) is 23.8 Å². The first-order valence-electron chi connectivity index (χ1n) is 7.70. The summed E-state index contributed by atoms with van der Waals surface area (Å²) < 4.78 is 36.4. The van der Waals surface area contributed by atoms with Gasteiger partial charge in [0, 0.05) is 6.54 Å². The van der Waals surface area contributed by atoms with Crippen molar-refractivity contribution in [2.45, 2.75) is 62.6 Å². The van der Waals surface area contributed by atoms with Gasteiger partial charge in [0.2, 0.25) is 0 Å². The number of hydrogen-bond acceptors (Lipinski definition) is 7. The van der Waals surface area contributed by atoms with Crippen molar-refractivity contribution in [3.63, 3.8) is 0 Å². The molecular weight excluding hydrogens is 358 g/mol. The SMILES string of the molecule is C=CCN(C(=O)OC(C)(C)C)C1=N[C@@H]2[C@@H](O)[C@H](O)[C@@H](C(F)F)O[C@@H]2S1. The van der Waals surface area contributed by atoms with Crippen LogP contribution in [0.5, 0.6) is 0 Å². The van der Waals surface area contributed by atoms with Gasteiger partial charge in [-0.15, -0.1) is 6.58 Å². The second-order valence-corrected chi connectivity index (χ2v) is 7.75. The number of alkyl halides is 2. The molecule has 0 radical (unpaired) electrons. The van der Waals surface area contributed by atoms with E-state index in [1.165, 1.54) is 11.0 Å². The maximum atomic E-state index is 13.0. The molecule has 0 spiro atoms. The minimum absolute atomic E-state index is 0.0805. The molecule has 2 aliphatic heterocycles. The minimum Gasteiger partial charge on any atom is -0.443 e. The lowest BCUT2D eigenvalue weighted by molar-refractivity contribution is -0.193. The van der Waals surface area contributed by atoms with Crippen LogP contribution < -0.4 is 0 Å². The predicted molar refractivity (Wildman–Crippen MR) is 88.6 cm³/mol. The number of halogens is 2. The Morgan fingerprint density at radius 3 is 2.64 bits per heavy atom. The number of rotatable bonds is 3. The summed E-state index contributed by atoms with van der Waals surface area (Å²) in [4.78, 5) is 17.7. The van der Waals surface area contributed by atoms with Crippen LogP contribution in [0.3, 0.4) is 0 Å². The van der Waals surface area contributed by atoms with E-state index in [0.717, 1.165) is 11.8 Å². The Bertz CT molecular complexity index is 555. The summed E-state index contributed by atoms with van der Waals surface area (Å²) in [6.07, 6.45) is -7.27. The average molecular weight is 380 g/mol. The molecule has 0 aromatic heterocycles. The highest BCUT2D eigenvalue weighted by Crippen LogP contribution is 2.39. The van der Waals surface area contributed by atoms with E-state index in [0.29, 0.717) is 0 Å². The number of aliphatic hydroxyl groups excluding tert-OH is 2. The lowest BCUT2D eigenvalue weighted by Gasteiger charge is -2.37. The van der Waals surface area contributed by atoms with Gasteiger partial charge in [0.05, 0.1) is 0 Å². The van der Waals surface area contributed by atoms with Crippen molar-refractivity contribution in [1.29, 1.82) is 0 Å². The van der Waals surface area contributed by atoms with Crippen molar-refractivity contribution in [1.82, 2.24) is 4.90 Å². The third kappa shape index (κ3) is 4.49. The molecule has 10 heteroatoms. The maximum absolute atomic E-state index is 13.0. The predicted octanol–water partition coefficient (Wildman–Crippen LogP) is 1.59. The Labute approximate surface area is 148 Å². The number of carbonyl (C=O) groups excluding carboxylic acids is 1. The zero-order valence-corrected chi connectivity index (χ0v) is 14.9. The molecule has 0 saturated carbocycles. The van der Waals surface area contributed by atoms with Crippen LogP contribution in [0.4, 0.5) is 13.6 Å². The van der Waals surface area contributed by atoms with Crippen LogP contribution >= 0.6 is 11.8 Å². The standard InChI is InChI=1S/C15H22F2N2O5S/c1-5-6-19(14(22)24-15(2,3)4)13-18-7-8(20)9(21)10(11(16)17)23-12(7)25-13/h5,7-12,20-21H,1,6H2,2-4H3/t7-,8-,9+,10+,12-/m1/s1. The normalized spacial score (nSPS) is 32.2. The summed E-state index contributed by atoms with van der Waals surface area (Å²) in [6, 6.07) is -0.959. The van der Waals surface area contributed by atoms with Gasteiger partial charge in [-0.2, -0.15) is 0 Å². The molecule has 5 atom stereocenters. The number of ether oxygens (including phenoxy) is 2. The Kier molecular flexibility index (Phi) is 6.08. The van der Waals surface area contributed by atoms with Crippen LogP contribution in [-0.2, 0) is 9.47 Å². The molecule has 0 unspecified atom stereocenters. The molecule has 25 heavy (non-hydrogen) atoms. The molecule has 2 aliphatic rings. The molecule has 0 aromatic carbocycles. The molecule has 0 bridgehead atoms. The third-order valence-electron chi connectivity index (χ3n) is 3.49. The zero-order valence-electron chi connectivity index (χ0n) is 14.1. The minimum atomic E-state index is -2.95. The number of hydrogen-bond donors (Lipinski definition) is 2. The molecule has 1 fully saturated rings. The molecule has 142 valence electrons. The van der Waals surface area contributed by atoms with E-state index in [4.69, 9.17) is 9.47 Å². The first-order chi connectivity index (χ1) is 11.5. The summed E-state index contributed by atoms with van der Waals surface area (Å²) in [6.45, 7) is 8.77. The summed E-state index contributed by atoms with van der Waals surface area (Å²) >= 11 is 0.925. The van der Waals surface area contributed by atoms with Crippen LogP contribution in [-0.4, -0.2) is 74.7 Å². The molecule has 2 heterocycles. The van der Waals surface area contributed by atoms with E-state index in [1.807, 2.05) is 0 Å². The number of carbonyl (C=O) groups is 1. The van der Waals surface area contributed by atoms with Crippen molar-refractivity contribution in [2.75, 3.05) is 6.54 Å². The lowest BCUT2D eigenvalue weighted by Crippen LogP contribution is -2.56. The summed E-state index contributed by atoms with van der Waals surface area (Å²) in [5.41, 5.74) is -1.66. The summed E-state index contributed by atoms with van der Waals surface area (Å²) in [5.74, 6) is 0. The highest BCUT2D eigenvalue weighted by molar-refractivity contribution is 8.14. The summed E-state index contributed by atoms with van der Waals surface area (Å²) in [5, 5.41) is 20.0. The van der Waals surface area contributed by atoms with Gasteiger partial charge in [0.15, 0.2) is 5.17 Å². The Morgan fingerprint density at radius 1 is 1.48 bits per heavy atom. The van der Waals surface area contributed by atoms with Gasteiger partial charge in [-0.25, -0.2) is 13.6 Å². The smallest absolute Gasteiger partial charge is 0.416 e. The molecule has 2 rings (SSSR count). The van der Waals surface area contributed by atoms with Crippen LogP contribution in [0.15, 0.2) is 17.6 Å². The number of amides is 1. The average Bonchev–Trinajstić information content (AvgIpc) is 2.90. The number of nitrogens with zero attached hydrogens (tertiary/aromatic N) is 2. The number of amidine groups is 1. The third-order valence-corrected chi connectivity index (χ3v) is 4.65. The Morgan fingerprint density at radius 2 is 2.12 bits per heavy atom. The maximum Gasteiger partial charge on any atom is 0.416 e. The second-order valence-electron chi connectivity index (χ2n) is 6.68. The highest BCUT2D eigenvalue weighted by atomic mass is 32.2. The fourth-order valence-electron chi connectivity index (χ4n) is 2.39. The first-order valence-corrected chi connectivity index (χ1v) is 8.58. The monoisotopic (exact) mass is 380 g/mol. The Hall–Kier alpha value is -1.23. The van der Waals surface area contributed by atoms with Gasteiger partial charge >= 0.3 is 6.09 Å². The first kappa shape index (κ1) is 20.1. The number of aliphatic hydroxyl groups is 2. The van der Waals surface area contributed by atoms with Crippen LogP contribution in [0, 0.1) is 0 Å². The molecule has 0 aliphatic carbocycles. The molecule has 7 nitrogen and oxygen atoms in total. The van der Waals surface area contributed by atoms with E-state index in [1.54, 1.807) is 20.8 Å². The van der Waals surface area contributed by atoms with Crippen molar-refractivity contribution in [3.8, 4) is 0 Å². The van der Waals surface area contributed by atoms with Gasteiger partial charge in [-0.1, -0.05) is 17.8 Å². The van der Waals surface area contributed by atoms with Crippen molar-refractivity contribution >= 4 is 23.0 Å². The van der Waals surface area contributed by atoms with Crippen LogP contribution in [0.1, 0.15) is 20.8 Å². The van der Waals surface area contributed by atoms with Gasteiger partial charge < -0.3 is 19.7 Å². The molecule has 1 amide bonds. The molecule has 2 N–H and O–H groups in total. The van der Waals surface area contributed by atoms with Gasteiger partial charge in [-0.05, 0) is 20.8 Å². The molecule has 0 aromatic rings. The largest absolute Gasteiger partial charge is 0.443 e. The van der Waals surface area contributed by atoms with E-state index < -0.39 is 47.9 Å². The Balaban J connectivity index is 2.19. The van der Waals surface area contributed by atoms with Crippen LogP contribution in [0.2, 0.25) is 0 Å². The summed E-state index contributed by atoms with van der Waals surface area (Å²) in [7, 11) is 0. The fraction of sp³-hybridized carbons (Fsp3) is 0.733. The van der Waals surface area contributed by atoms with E-state index in [-0.39, 0.29) is 11.7 Å². The second kappa shape index (κ2) is 7.56. The van der Waals surface area contributed by atoms with Gasteiger partial charge in [-0.3, -0.25) is 9.89 Å². The lowest BCUT2D eigenvalue weighted by atomic mass is 9.98. The van der Waals surface area contributed by atoms with Crippen LogP contribution in [0.25, 0.3) is 0 Å². The number of aliphatic imine (C=N–C) groups is 1. The fourth-order valence-corrected chi connectivity index (χ4v) is 3.60. The van der Waals surface area contributed by atoms with E-state index in [2.05, 4.69) is 11.6 Å². The number of thioether (sulfide) groups is 1. The van der Waals surface area contributed by atoms with Crippen molar-refractivity contribution in [2.24, 2.45) is 4.99 Å².